The van der Waals surface area contributed by atoms with E-state index in [1.807, 2.05) is 11.5 Å². The zero-order chi connectivity index (χ0) is 23.5. The van der Waals surface area contributed by atoms with Crippen molar-refractivity contribution in [1.29, 1.82) is 0 Å². The molecular formula is C22H21FN6O3S. The number of benzene rings is 2. The average molecular weight is 469 g/mol. The van der Waals surface area contributed by atoms with Gasteiger partial charge in [-0.2, -0.15) is 0 Å². The van der Waals surface area contributed by atoms with Gasteiger partial charge in [0.25, 0.3) is 5.69 Å². The van der Waals surface area contributed by atoms with Gasteiger partial charge in [0.2, 0.25) is 11.8 Å². The summed E-state index contributed by atoms with van der Waals surface area (Å²) in [7, 11) is 0. The van der Waals surface area contributed by atoms with Gasteiger partial charge in [-0.25, -0.2) is 4.39 Å². The molecule has 33 heavy (non-hydrogen) atoms. The maximum atomic E-state index is 14.4. The van der Waals surface area contributed by atoms with Crippen LogP contribution in [0.4, 0.5) is 10.1 Å². The molecule has 2 aromatic heterocycles. The van der Waals surface area contributed by atoms with Crippen LogP contribution in [-0.4, -0.2) is 29.9 Å². The lowest BCUT2D eigenvalue weighted by Gasteiger charge is -2.14. The second-order valence-corrected chi connectivity index (χ2v) is 9.11. The number of rotatable bonds is 8. The minimum atomic E-state index is -0.468. The van der Waals surface area contributed by atoms with Crippen molar-refractivity contribution in [3.8, 4) is 22.8 Å². The van der Waals surface area contributed by atoms with Gasteiger partial charge in [-0.05, 0) is 37.1 Å². The zero-order valence-electron chi connectivity index (χ0n) is 18.2. The monoisotopic (exact) mass is 468 g/mol. The number of non-ortho nitro benzene ring substituents is 1. The van der Waals surface area contributed by atoms with E-state index < -0.39 is 4.92 Å². The lowest BCUT2D eigenvalue weighted by Crippen LogP contribution is -2.09. The molecule has 0 bridgehead atoms. The van der Waals surface area contributed by atoms with Gasteiger partial charge >= 0.3 is 0 Å². The summed E-state index contributed by atoms with van der Waals surface area (Å²) in [6, 6.07) is 12.4. The minimum absolute atomic E-state index is 0.0161. The van der Waals surface area contributed by atoms with Crippen LogP contribution in [0.1, 0.15) is 31.9 Å². The van der Waals surface area contributed by atoms with E-state index in [1.165, 1.54) is 30.0 Å². The zero-order valence-corrected chi connectivity index (χ0v) is 19.0. The molecule has 4 aromatic rings. The smallest absolute Gasteiger partial charge is 0.269 e. The third-order valence-electron chi connectivity index (χ3n) is 4.77. The predicted octanol–water partition coefficient (Wildman–Crippen LogP) is 5.55. The number of nitrogens with zero attached hydrogens (tertiary/aromatic N) is 6. The first kappa shape index (κ1) is 22.6. The topological polar surface area (TPSA) is 113 Å². The summed E-state index contributed by atoms with van der Waals surface area (Å²) in [4.78, 5) is 10.4. The highest BCUT2D eigenvalue weighted by atomic mass is 32.2. The van der Waals surface area contributed by atoms with Gasteiger partial charge in [0.15, 0.2) is 11.0 Å². The van der Waals surface area contributed by atoms with Crippen LogP contribution in [-0.2, 0) is 6.54 Å². The number of halogens is 1. The largest absolute Gasteiger partial charge is 0.419 e. The molecule has 0 fully saturated rings. The van der Waals surface area contributed by atoms with Crippen LogP contribution in [0.25, 0.3) is 22.8 Å². The fourth-order valence-electron chi connectivity index (χ4n) is 3.20. The van der Waals surface area contributed by atoms with Crippen LogP contribution in [0, 0.1) is 21.8 Å². The van der Waals surface area contributed by atoms with Gasteiger partial charge in [-0.1, -0.05) is 37.7 Å². The van der Waals surface area contributed by atoms with Gasteiger partial charge < -0.3 is 8.98 Å². The van der Waals surface area contributed by atoms with Gasteiger partial charge in [0, 0.05) is 24.2 Å². The second kappa shape index (κ2) is 9.49. The summed E-state index contributed by atoms with van der Waals surface area (Å²) in [6.07, 6.45) is 0. The van der Waals surface area contributed by atoms with Crippen molar-refractivity contribution in [2.24, 2.45) is 5.92 Å². The van der Waals surface area contributed by atoms with E-state index in [0.717, 1.165) is 0 Å². The molecule has 1 unspecified atom stereocenters. The van der Waals surface area contributed by atoms with Gasteiger partial charge in [-0.3, -0.25) is 10.1 Å². The summed E-state index contributed by atoms with van der Waals surface area (Å²) in [6.45, 7) is 6.65. The van der Waals surface area contributed by atoms with Gasteiger partial charge in [0.05, 0.1) is 15.7 Å². The fraction of sp³-hybridized carbons (Fsp3) is 0.273. The highest BCUT2D eigenvalue weighted by Gasteiger charge is 2.23. The highest BCUT2D eigenvalue weighted by molar-refractivity contribution is 7.99. The summed E-state index contributed by atoms with van der Waals surface area (Å²) in [5.41, 5.74) is 0.960. The molecule has 0 amide bonds. The molecule has 0 saturated heterocycles. The number of thioether (sulfide) groups is 1. The minimum Gasteiger partial charge on any atom is -0.419 e. The van der Waals surface area contributed by atoms with E-state index in [0.29, 0.717) is 40.5 Å². The van der Waals surface area contributed by atoms with E-state index in [2.05, 4.69) is 34.2 Å². The molecule has 1 atom stereocenters. The van der Waals surface area contributed by atoms with Crippen molar-refractivity contribution < 1.29 is 13.7 Å². The Balaban J connectivity index is 1.58. The number of nitro benzene ring substituents is 1. The predicted molar refractivity (Wildman–Crippen MR) is 121 cm³/mol. The Morgan fingerprint density at radius 1 is 1.06 bits per heavy atom. The Morgan fingerprint density at radius 3 is 2.45 bits per heavy atom. The van der Waals surface area contributed by atoms with E-state index in [-0.39, 0.29) is 22.6 Å². The first-order valence-corrected chi connectivity index (χ1v) is 11.1. The van der Waals surface area contributed by atoms with Crippen LogP contribution in [0.15, 0.2) is 58.1 Å². The Morgan fingerprint density at radius 2 is 1.79 bits per heavy atom. The fourth-order valence-corrected chi connectivity index (χ4v) is 4.09. The molecule has 9 nitrogen and oxygen atoms in total. The standard InChI is InChI=1S/C22H21FN6O3S/c1-13(2)12-28-19(17-6-4-5-7-18(17)23)24-27-22(28)33-14(3)20-25-26-21(32-20)15-8-10-16(11-9-15)29(30)31/h4-11,13-14H,12H2,1-3H3. The summed E-state index contributed by atoms with van der Waals surface area (Å²) < 4.78 is 22.1. The van der Waals surface area contributed by atoms with Crippen molar-refractivity contribution in [1.82, 2.24) is 25.0 Å². The molecule has 0 aliphatic rings. The Kier molecular flexibility index (Phi) is 6.50. The quantitative estimate of drug-likeness (QED) is 0.188. The molecule has 4 rings (SSSR count). The molecule has 11 heteroatoms. The summed E-state index contributed by atoms with van der Waals surface area (Å²) in [5, 5.41) is 27.9. The van der Waals surface area contributed by atoms with Crippen LogP contribution < -0.4 is 0 Å². The molecule has 2 heterocycles. The van der Waals surface area contributed by atoms with Crippen LogP contribution >= 0.6 is 11.8 Å². The summed E-state index contributed by atoms with van der Waals surface area (Å²) >= 11 is 1.38. The molecule has 0 aliphatic carbocycles. The lowest BCUT2D eigenvalue weighted by atomic mass is 10.2. The molecule has 2 aromatic carbocycles. The molecule has 0 aliphatic heterocycles. The van der Waals surface area contributed by atoms with Crippen LogP contribution in [0.2, 0.25) is 0 Å². The number of aromatic nitrogens is 5. The molecule has 0 N–H and O–H groups in total. The number of hydrogen-bond acceptors (Lipinski definition) is 8. The maximum absolute atomic E-state index is 14.4. The molecular weight excluding hydrogens is 447 g/mol. The lowest BCUT2D eigenvalue weighted by molar-refractivity contribution is -0.384. The number of nitro groups is 1. The van der Waals surface area contributed by atoms with E-state index in [4.69, 9.17) is 4.42 Å². The Bertz CT molecular complexity index is 1270. The third-order valence-corrected chi connectivity index (χ3v) is 5.84. The first-order chi connectivity index (χ1) is 15.8. The molecule has 0 spiro atoms. The van der Waals surface area contributed by atoms with Gasteiger partial charge in [0.1, 0.15) is 5.82 Å². The Hall–Kier alpha value is -3.60. The molecule has 0 radical (unpaired) electrons. The molecule has 0 saturated carbocycles. The first-order valence-electron chi connectivity index (χ1n) is 10.3. The Labute approximate surface area is 193 Å². The normalized spacial score (nSPS) is 12.3. The SMILES string of the molecule is CC(C)Cn1c(SC(C)c2nnc(-c3ccc([N+](=O)[O-])cc3)o2)nnc1-c1ccccc1F. The van der Waals surface area contributed by atoms with Crippen molar-refractivity contribution >= 4 is 17.4 Å². The number of hydrogen-bond donors (Lipinski definition) is 0. The van der Waals surface area contributed by atoms with Crippen molar-refractivity contribution in [3.63, 3.8) is 0 Å². The van der Waals surface area contributed by atoms with Crippen molar-refractivity contribution in [3.05, 3.63) is 70.4 Å². The average Bonchev–Trinajstić information content (AvgIpc) is 3.42. The third kappa shape index (κ3) is 4.92. The maximum Gasteiger partial charge on any atom is 0.269 e. The highest BCUT2D eigenvalue weighted by Crippen LogP contribution is 2.36. The molecule has 170 valence electrons. The van der Waals surface area contributed by atoms with E-state index in [9.17, 15) is 14.5 Å². The van der Waals surface area contributed by atoms with Crippen LogP contribution in [0.3, 0.4) is 0 Å². The van der Waals surface area contributed by atoms with Gasteiger partial charge in [-0.15, -0.1) is 20.4 Å². The van der Waals surface area contributed by atoms with E-state index in [1.54, 1.807) is 30.3 Å². The van der Waals surface area contributed by atoms with Crippen LogP contribution in [0.5, 0.6) is 0 Å². The second-order valence-electron chi connectivity index (χ2n) is 7.80. The van der Waals surface area contributed by atoms with E-state index >= 15 is 0 Å². The van der Waals surface area contributed by atoms with Crippen molar-refractivity contribution in [2.75, 3.05) is 0 Å². The van der Waals surface area contributed by atoms with Crippen molar-refractivity contribution in [2.45, 2.75) is 37.7 Å². The summed E-state index contributed by atoms with van der Waals surface area (Å²) in [5.74, 6) is 1.04.